The topological polar surface area (TPSA) is 24.5 Å². The third-order valence-corrected chi connectivity index (χ3v) is 4.78. The van der Waals surface area contributed by atoms with Gasteiger partial charge in [0.25, 0.3) is 0 Å². The molecule has 0 saturated carbocycles. The highest BCUT2D eigenvalue weighted by Crippen LogP contribution is 2.30. The summed E-state index contributed by atoms with van der Waals surface area (Å²) in [4.78, 5) is 2.63. The molecule has 2 aliphatic heterocycles. The van der Waals surface area contributed by atoms with E-state index in [-0.39, 0.29) is 5.54 Å². The number of nitrogens with zero attached hydrogens (tertiary/aromatic N) is 1. The van der Waals surface area contributed by atoms with E-state index in [2.05, 4.69) is 42.7 Å². The monoisotopic (exact) mass is 272 g/mol. The second-order valence-corrected chi connectivity index (χ2v) is 8.02. The number of thioether (sulfide) groups is 1. The second kappa shape index (κ2) is 6.12. The maximum absolute atomic E-state index is 5.70. The van der Waals surface area contributed by atoms with Crippen molar-refractivity contribution in [1.82, 2.24) is 10.2 Å². The Hall–Kier alpha value is 0.230. The van der Waals surface area contributed by atoms with Gasteiger partial charge in [0, 0.05) is 55.2 Å². The average molecular weight is 272 g/mol. The molecule has 106 valence electrons. The highest BCUT2D eigenvalue weighted by molar-refractivity contribution is 7.99. The van der Waals surface area contributed by atoms with Crippen LogP contribution in [0.25, 0.3) is 0 Å². The van der Waals surface area contributed by atoms with Gasteiger partial charge in [0.1, 0.15) is 0 Å². The fourth-order valence-electron chi connectivity index (χ4n) is 2.66. The highest BCUT2D eigenvalue weighted by atomic mass is 32.2. The first-order valence-corrected chi connectivity index (χ1v) is 8.28. The van der Waals surface area contributed by atoms with Crippen LogP contribution in [0.2, 0.25) is 0 Å². The Labute approximate surface area is 116 Å². The summed E-state index contributed by atoms with van der Waals surface area (Å²) in [6.45, 7) is 13.4. The van der Waals surface area contributed by atoms with Crippen molar-refractivity contribution in [3.05, 3.63) is 0 Å². The largest absolute Gasteiger partial charge is 0.381 e. The number of rotatable bonds is 4. The van der Waals surface area contributed by atoms with Crippen molar-refractivity contribution < 1.29 is 4.74 Å². The van der Waals surface area contributed by atoms with Crippen molar-refractivity contribution in [2.24, 2.45) is 5.41 Å². The van der Waals surface area contributed by atoms with Gasteiger partial charge in [-0.15, -0.1) is 0 Å². The summed E-state index contributed by atoms with van der Waals surface area (Å²) in [5.41, 5.74) is 0.544. The number of hydrogen-bond donors (Lipinski definition) is 1. The quantitative estimate of drug-likeness (QED) is 0.844. The van der Waals surface area contributed by atoms with Crippen molar-refractivity contribution in [3.8, 4) is 0 Å². The minimum absolute atomic E-state index is 0.202. The van der Waals surface area contributed by atoms with Crippen LogP contribution in [0, 0.1) is 5.41 Å². The summed E-state index contributed by atoms with van der Waals surface area (Å²) >= 11 is 2.08. The van der Waals surface area contributed by atoms with Crippen LogP contribution in [0.15, 0.2) is 0 Å². The van der Waals surface area contributed by atoms with Crippen LogP contribution < -0.4 is 5.32 Å². The molecule has 0 bridgehead atoms. The lowest BCUT2D eigenvalue weighted by Gasteiger charge is -2.38. The van der Waals surface area contributed by atoms with Gasteiger partial charge in [-0.1, -0.05) is 0 Å². The van der Waals surface area contributed by atoms with Gasteiger partial charge in [-0.2, -0.15) is 11.8 Å². The summed E-state index contributed by atoms with van der Waals surface area (Å²) in [6, 6.07) is 0. The first kappa shape index (κ1) is 14.6. The summed E-state index contributed by atoms with van der Waals surface area (Å²) in [5.74, 6) is 2.59. The molecule has 0 aliphatic carbocycles. The maximum atomic E-state index is 5.70. The average Bonchev–Trinajstić information content (AvgIpc) is 2.76. The fraction of sp³-hybridized carbons (Fsp3) is 1.00. The molecular weight excluding hydrogens is 244 g/mol. The Morgan fingerprint density at radius 2 is 2.00 bits per heavy atom. The van der Waals surface area contributed by atoms with E-state index in [4.69, 9.17) is 4.74 Å². The van der Waals surface area contributed by atoms with Crippen molar-refractivity contribution in [2.45, 2.75) is 32.7 Å². The molecule has 2 heterocycles. The molecule has 3 nitrogen and oxygen atoms in total. The van der Waals surface area contributed by atoms with E-state index in [1.807, 2.05) is 0 Å². The SMILES string of the molecule is CC(C)(C)NCC1(CN2CCSCC2)CCOC1. The molecule has 2 aliphatic rings. The molecule has 2 fully saturated rings. The lowest BCUT2D eigenvalue weighted by molar-refractivity contribution is 0.107. The zero-order valence-electron chi connectivity index (χ0n) is 12.1. The second-order valence-electron chi connectivity index (χ2n) is 6.79. The number of hydrogen-bond acceptors (Lipinski definition) is 4. The first-order valence-electron chi connectivity index (χ1n) is 7.12. The van der Waals surface area contributed by atoms with Gasteiger partial charge in [-0.3, -0.25) is 0 Å². The first-order chi connectivity index (χ1) is 8.49. The van der Waals surface area contributed by atoms with Crippen molar-refractivity contribution in [3.63, 3.8) is 0 Å². The molecule has 1 unspecified atom stereocenters. The van der Waals surface area contributed by atoms with E-state index in [1.54, 1.807) is 0 Å². The summed E-state index contributed by atoms with van der Waals surface area (Å²) in [6.07, 6.45) is 1.21. The van der Waals surface area contributed by atoms with E-state index < -0.39 is 0 Å². The van der Waals surface area contributed by atoms with Crippen molar-refractivity contribution in [1.29, 1.82) is 0 Å². The van der Waals surface area contributed by atoms with Gasteiger partial charge in [-0.05, 0) is 27.2 Å². The zero-order chi connectivity index (χ0) is 13.1. The number of nitrogens with one attached hydrogen (secondary N) is 1. The van der Waals surface area contributed by atoms with E-state index in [0.717, 1.165) is 19.8 Å². The molecule has 18 heavy (non-hydrogen) atoms. The molecule has 0 amide bonds. The molecule has 0 radical (unpaired) electrons. The van der Waals surface area contributed by atoms with E-state index in [9.17, 15) is 0 Å². The Bertz CT molecular complexity index is 253. The van der Waals surface area contributed by atoms with Gasteiger partial charge >= 0.3 is 0 Å². The molecule has 0 aromatic heterocycles. The fourth-order valence-corrected chi connectivity index (χ4v) is 3.63. The molecular formula is C14H28N2OS. The van der Waals surface area contributed by atoms with Crippen LogP contribution in [0.5, 0.6) is 0 Å². The Morgan fingerprint density at radius 1 is 1.28 bits per heavy atom. The maximum Gasteiger partial charge on any atom is 0.0547 e. The standard InChI is InChI=1S/C14H28N2OS/c1-13(2,3)15-10-14(4-7-17-12-14)11-16-5-8-18-9-6-16/h15H,4-12H2,1-3H3. The summed E-state index contributed by atoms with van der Waals surface area (Å²) in [5, 5.41) is 3.68. The Morgan fingerprint density at radius 3 is 2.56 bits per heavy atom. The third-order valence-electron chi connectivity index (χ3n) is 3.84. The number of ether oxygens (including phenoxy) is 1. The van der Waals surface area contributed by atoms with Crippen molar-refractivity contribution >= 4 is 11.8 Å². The zero-order valence-corrected chi connectivity index (χ0v) is 12.9. The van der Waals surface area contributed by atoms with Gasteiger partial charge in [0.2, 0.25) is 0 Å². The minimum Gasteiger partial charge on any atom is -0.381 e. The predicted octanol–water partition coefficient (Wildman–Crippen LogP) is 1.83. The molecule has 2 rings (SSSR count). The lowest BCUT2D eigenvalue weighted by atomic mass is 9.85. The van der Waals surface area contributed by atoms with Gasteiger partial charge in [0.15, 0.2) is 0 Å². The third kappa shape index (κ3) is 4.41. The van der Waals surface area contributed by atoms with E-state index >= 15 is 0 Å². The van der Waals surface area contributed by atoms with Crippen LogP contribution in [0.4, 0.5) is 0 Å². The highest BCUT2D eigenvalue weighted by Gasteiger charge is 2.37. The van der Waals surface area contributed by atoms with Crippen LogP contribution in [-0.2, 0) is 4.74 Å². The van der Waals surface area contributed by atoms with Crippen LogP contribution >= 0.6 is 11.8 Å². The van der Waals surface area contributed by atoms with Gasteiger partial charge in [0.05, 0.1) is 6.61 Å². The molecule has 0 aromatic rings. The van der Waals surface area contributed by atoms with Crippen LogP contribution in [-0.4, -0.2) is 61.3 Å². The molecule has 1 N–H and O–H groups in total. The normalized spacial score (nSPS) is 30.8. The molecule has 1 atom stereocenters. The van der Waals surface area contributed by atoms with Gasteiger partial charge < -0.3 is 15.0 Å². The molecule has 0 spiro atoms. The molecule has 4 heteroatoms. The molecule has 0 aromatic carbocycles. The van der Waals surface area contributed by atoms with E-state index in [0.29, 0.717) is 5.41 Å². The smallest absolute Gasteiger partial charge is 0.0547 e. The van der Waals surface area contributed by atoms with Crippen LogP contribution in [0.1, 0.15) is 27.2 Å². The minimum atomic E-state index is 0.202. The Balaban J connectivity index is 1.89. The van der Waals surface area contributed by atoms with Crippen LogP contribution in [0.3, 0.4) is 0 Å². The van der Waals surface area contributed by atoms with Crippen molar-refractivity contribution in [2.75, 3.05) is 50.9 Å². The Kier molecular flexibility index (Phi) is 4.98. The lowest BCUT2D eigenvalue weighted by Crippen LogP contribution is -2.50. The predicted molar refractivity (Wildman–Crippen MR) is 79.4 cm³/mol. The summed E-state index contributed by atoms with van der Waals surface area (Å²) in [7, 11) is 0. The van der Waals surface area contributed by atoms with Gasteiger partial charge in [-0.25, -0.2) is 0 Å². The summed E-state index contributed by atoms with van der Waals surface area (Å²) < 4.78 is 5.70. The van der Waals surface area contributed by atoms with E-state index in [1.165, 1.54) is 37.6 Å². The molecule has 2 saturated heterocycles.